The van der Waals surface area contributed by atoms with Gasteiger partial charge in [-0.1, -0.05) is 33.9 Å². The number of likely N-dealkylation sites (tertiary alicyclic amines) is 1. The van der Waals surface area contributed by atoms with Crippen molar-refractivity contribution in [1.29, 1.82) is 0 Å². The molecule has 0 aromatic heterocycles. The highest BCUT2D eigenvalue weighted by Gasteiger charge is 2.37. The number of para-hydroxylation sites is 1. The van der Waals surface area contributed by atoms with Crippen LogP contribution in [0.15, 0.2) is 24.3 Å². The minimum Gasteiger partial charge on any atom is -0.335 e. The molecule has 4 rings (SSSR count). The number of hydrogen-bond donors (Lipinski definition) is 0. The van der Waals surface area contributed by atoms with Crippen LogP contribution in [0.3, 0.4) is 0 Å². The normalized spacial score (nSPS) is 23.5. The number of Topliss-reactive ketones (excluding diaryl/α,β-unsaturated/α-hetero) is 3. The average molecular weight is 515 g/mol. The van der Waals surface area contributed by atoms with Gasteiger partial charge in [0.25, 0.3) is 0 Å². The predicted octanol–water partition coefficient (Wildman–Crippen LogP) is 4.63. The summed E-state index contributed by atoms with van der Waals surface area (Å²) in [4.78, 5) is 72.3. The highest BCUT2D eigenvalue weighted by molar-refractivity contribution is 6.23. The smallest absolute Gasteiger partial charge is 0.237 e. The summed E-state index contributed by atoms with van der Waals surface area (Å²) in [7, 11) is 0. The Morgan fingerprint density at radius 3 is 2.05 bits per heavy atom. The largest absolute Gasteiger partial charge is 0.335 e. The minimum absolute atomic E-state index is 0. The first-order valence-electron chi connectivity index (χ1n) is 12.3. The van der Waals surface area contributed by atoms with Gasteiger partial charge in [-0.15, -0.1) is 0 Å². The second-order valence-corrected chi connectivity index (χ2v) is 9.89. The van der Waals surface area contributed by atoms with Gasteiger partial charge in [-0.3, -0.25) is 28.8 Å². The Morgan fingerprint density at radius 1 is 0.892 bits per heavy atom. The second kappa shape index (κ2) is 14.0. The summed E-state index contributed by atoms with van der Waals surface area (Å²) in [6.07, 6.45) is 4.88. The van der Waals surface area contributed by atoms with Crippen molar-refractivity contribution in [3.63, 3.8) is 0 Å². The average Bonchev–Trinajstić information content (AvgIpc) is 3.08. The molecule has 1 aliphatic carbocycles. The fourth-order valence-electron chi connectivity index (χ4n) is 5.02. The number of hydrogen-bond acceptors (Lipinski definition) is 6. The van der Waals surface area contributed by atoms with Gasteiger partial charge in [0.2, 0.25) is 17.7 Å². The van der Waals surface area contributed by atoms with E-state index in [1.54, 1.807) is 43.0 Å². The third-order valence-corrected chi connectivity index (χ3v) is 7.13. The molecule has 8 heteroatoms. The molecule has 3 fully saturated rings. The van der Waals surface area contributed by atoms with Gasteiger partial charge in [0.15, 0.2) is 11.6 Å². The zero-order valence-electron chi connectivity index (χ0n) is 20.7. The lowest BCUT2D eigenvalue weighted by molar-refractivity contribution is -0.141. The summed E-state index contributed by atoms with van der Waals surface area (Å²) in [5.41, 5.74) is 0.808. The second-order valence-electron chi connectivity index (χ2n) is 9.89. The van der Waals surface area contributed by atoms with Crippen molar-refractivity contribution >= 4 is 40.8 Å². The number of imide groups is 1. The fraction of sp³-hybridized carbons (Fsp3) is 0.586. The summed E-state index contributed by atoms with van der Waals surface area (Å²) < 4.78 is 0. The Morgan fingerprint density at radius 2 is 1.51 bits per heavy atom. The molecule has 2 aliphatic heterocycles. The molecule has 1 aromatic carbocycles. The van der Waals surface area contributed by atoms with Crippen molar-refractivity contribution in [2.24, 2.45) is 17.8 Å². The molecular formula is C29H42N2O6. The van der Waals surface area contributed by atoms with Gasteiger partial charge in [-0.25, -0.2) is 4.90 Å². The van der Waals surface area contributed by atoms with E-state index in [0.717, 1.165) is 30.6 Å². The quantitative estimate of drug-likeness (QED) is 0.418. The third kappa shape index (κ3) is 7.91. The molecule has 204 valence electrons. The van der Waals surface area contributed by atoms with Crippen LogP contribution in [-0.2, 0) is 24.0 Å². The first-order valence-corrected chi connectivity index (χ1v) is 12.3. The molecule has 1 atom stereocenters. The van der Waals surface area contributed by atoms with Gasteiger partial charge in [-0.2, -0.15) is 0 Å². The number of carbonyl (C=O) groups is 6. The Labute approximate surface area is 220 Å². The highest BCUT2D eigenvalue weighted by Crippen LogP contribution is 2.31. The number of nitrogens with zero attached hydrogens (tertiary/aromatic N) is 2. The Bertz CT molecular complexity index is 1020. The summed E-state index contributed by atoms with van der Waals surface area (Å²) in [5, 5.41) is 0. The van der Waals surface area contributed by atoms with E-state index in [-0.39, 0.29) is 68.2 Å². The number of amides is 3. The van der Waals surface area contributed by atoms with Gasteiger partial charge < -0.3 is 4.90 Å². The number of anilines is 1. The standard InChI is InChI=1S/C14H21NO3.C13H13NO3.2CH4/c1-10(16)12-4-2-11(3-5-12)8-15-9-13(17)6-7-14(15)18;1-8-7-12(16)14(13(8)17)11-6-4-3-5-10(11)9(2)15;;/h11-12H,2-9H2,1H3;3-6,8H,7H2,1-2H3;2*1H4. The van der Waals surface area contributed by atoms with Crippen LogP contribution in [0, 0.1) is 17.8 Å². The van der Waals surface area contributed by atoms with Gasteiger partial charge in [0.05, 0.1) is 12.2 Å². The maximum absolute atomic E-state index is 11.9. The summed E-state index contributed by atoms with van der Waals surface area (Å²) in [6.45, 7) is 5.81. The lowest BCUT2D eigenvalue weighted by Crippen LogP contribution is -2.43. The molecular weight excluding hydrogens is 472 g/mol. The molecule has 1 aromatic rings. The van der Waals surface area contributed by atoms with Crippen molar-refractivity contribution in [3.8, 4) is 0 Å². The van der Waals surface area contributed by atoms with Crippen LogP contribution < -0.4 is 4.90 Å². The van der Waals surface area contributed by atoms with Crippen molar-refractivity contribution in [1.82, 2.24) is 4.90 Å². The van der Waals surface area contributed by atoms with E-state index in [1.165, 1.54) is 6.92 Å². The van der Waals surface area contributed by atoms with Gasteiger partial charge in [0.1, 0.15) is 5.78 Å². The maximum atomic E-state index is 11.9. The zero-order valence-corrected chi connectivity index (χ0v) is 20.7. The minimum atomic E-state index is -0.303. The number of rotatable bonds is 5. The van der Waals surface area contributed by atoms with E-state index < -0.39 is 0 Å². The van der Waals surface area contributed by atoms with E-state index >= 15 is 0 Å². The molecule has 0 spiro atoms. The van der Waals surface area contributed by atoms with Crippen LogP contribution in [0.1, 0.15) is 90.9 Å². The number of benzene rings is 1. The van der Waals surface area contributed by atoms with E-state index in [0.29, 0.717) is 43.1 Å². The van der Waals surface area contributed by atoms with Crippen LogP contribution in [0.25, 0.3) is 0 Å². The Kier molecular flexibility index (Phi) is 12.0. The topological polar surface area (TPSA) is 109 Å². The monoisotopic (exact) mass is 514 g/mol. The van der Waals surface area contributed by atoms with Crippen molar-refractivity contribution in [3.05, 3.63) is 29.8 Å². The lowest BCUT2D eigenvalue weighted by Gasteiger charge is -2.33. The van der Waals surface area contributed by atoms with Crippen molar-refractivity contribution in [2.45, 2.75) is 80.6 Å². The zero-order chi connectivity index (χ0) is 25.7. The van der Waals surface area contributed by atoms with Crippen LogP contribution in [0.5, 0.6) is 0 Å². The Hall–Kier alpha value is -3.16. The molecule has 0 radical (unpaired) electrons. The molecule has 1 saturated carbocycles. The SMILES string of the molecule is C.C.CC(=O)C1CCC(CN2CC(=O)CCC2=O)CC1.CC(=O)c1ccccc1N1C(=O)CC(C)C1=O. The summed E-state index contributed by atoms with van der Waals surface area (Å²) >= 11 is 0. The highest BCUT2D eigenvalue weighted by atomic mass is 16.2. The third-order valence-electron chi connectivity index (χ3n) is 7.13. The Balaban J connectivity index is 0.000000351. The number of piperidine rings is 1. The first-order chi connectivity index (χ1) is 16.6. The van der Waals surface area contributed by atoms with E-state index in [2.05, 4.69) is 0 Å². The first kappa shape index (κ1) is 31.9. The van der Waals surface area contributed by atoms with Gasteiger partial charge >= 0.3 is 0 Å². The molecule has 1 unspecified atom stereocenters. The maximum Gasteiger partial charge on any atom is 0.237 e. The molecule has 3 aliphatic rings. The van der Waals surface area contributed by atoms with E-state index in [9.17, 15) is 28.8 Å². The molecule has 2 saturated heterocycles. The van der Waals surface area contributed by atoms with Crippen LogP contribution >= 0.6 is 0 Å². The fourth-order valence-corrected chi connectivity index (χ4v) is 5.02. The van der Waals surface area contributed by atoms with Gasteiger partial charge in [-0.05, 0) is 57.6 Å². The summed E-state index contributed by atoms with van der Waals surface area (Å²) in [6, 6.07) is 6.69. The molecule has 3 amide bonds. The number of carbonyl (C=O) groups excluding carboxylic acids is 6. The van der Waals surface area contributed by atoms with Gasteiger partial charge in [0, 0.05) is 43.2 Å². The van der Waals surface area contributed by atoms with E-state index in [4.69, 9.17) is 0 Å². The van der Waals surface area contributed by atoms with Crippen LogP contribution in [0.2, 0.25) is 0 Å². The molecule has 0 N–H and O–H groups in total. The lowest BCUT2D eigenvalue weighted by atomic mass is 9.80. The van der Waals surface area contributed by atoms with Crippen molar-refractivity contribution < 1.29 is 28.8 Å². The van der Waals surface area contributed by atoms with Crippen molar-refractivity contribution in [2.75, 3.05) is 18.0 Å². The van der Waals surface area contributed by atoms with E-state index in [1.807, 2.05) is 0 Å². The summed E-state index contributed by atoms with van der Waals surface area (Å²) in [5.74, 6) is 0.339. The molecule has 8 nitrogen and oxygen atoms in total. The molecule has 37 heavy (non-hydrogen) atoms. The molecule has 0 bridgehead atoms. The predicted molar refractivity (Wildman–Crippen MR) is 143 cm³/mol. The van der Waals surface area contributed by atoms with Crippen LogP contribution in [0.4, 0.5) is 5.69 Å². The number of ketones is 3. The molecule has 2 heterocycles. The van der Waals surface area contributed by atoms with Crippen LogP contribution in [-0.4, -0.2) is 53.1 Å².